The fraction of sp³-hybridized carbons (Fsp3) is 0.364. The van der Waals surface area contributed by atoms with Crippen molar-refractivity contribution >= 4 is 17.3 Å². The molecule has 3 N–H and O–H groups in total. The Labute approximate surface area is 88.4 Å². The maximum absolute atomic E-state index is 11.5. The summed E-state index contributed by atoms with van der Waals surface area (Å²) in [6.07, 6.45) is 2.32. The van der Waals surface area contributed by atoms with Gasteiger partial charge in [-0.25, -0.2) is 4.79 Å². The molecule has 0 aromatic heterocycles. The molecule has 2 rings (SSSR count). The van der Waals surface area contributed by atoms with Crippen molar-refractivity contribution < 1.29 is 9.53 Å². The molecular weight excluding hydrogens is 192 g/mol. The Balaban J connectivity index is 2.29. The number of nitrogens with two attached hydrogens (primary N) is 1. The minimum absolute atomic E-state index is 0.356. The average Bonchev–Trinajstić information content (AvgIpc) is 3.03. The van der Waals surface area contributed by atoms with E-state index >= 15 is 0 Å². The molecule has 0 aliphatic heterocycles. The number of hydrogen-bond donors (Lipinski definition) is 2. The summed E-state index contributed by atoms with van der Waals surface area (Å²) in [7, 11) is 1.37. The number of esters is 1. The summed E-state index contributed by atoms with van der Waals surface area (Å²) < 4.78 is 4.70. The lowest BCUT2D eigenvalue weighted by Gasteiger charge is -2.10. The van der Waals surface area contributed by atoms with Crippen LogP contribution >= 0.6 is 0 Å². The first-order chi connectivity index (χ1) is 7.20. The molecule has 4 nitrogen and oxygen atoms in total. The van der Waals surface area contributed by atoms with Crippen LogP contribution in [-0.4, -0.2) is 19.1 Å². The van der Waals surface area contributed by atoms with Crippen LogP contribution in [0, 0.1) is 0 Å². The van der Waals surface area contributed by atoms with Crippen LogP contribution < -0.4 is 11.1 Å². The van der Waals surface area contributed by atoms with Crippen LogP contribution in [0.3, 0.4) is 0 Å². The van der Waals surface area contributed by atoms with E-state index < -0.39 is 0 Å². The van der Waals surface area contributed by atoms with Crippen molar-refractivity contribution in [2.75, 3.05) is 18.2 Å². The zero-order valence-electron chi connectivity index (χ0n) is 8.62. The Morgan fingerprint density at radius 2 is 2.27 bits per heavy atom. The highest BCUT2D eigenvalue weighted by Crippen LogP contribution is 2.28. The van der Waals surface area contributed by atoms with Crippen LogP contribution in [0.5, 0.6) is 0 Å². The second kappa shape index (κ2) is 3.81. The van der Waals surface area contributed by atoms with Gasteiger partial charge in [-0.15, -0.1) is 0 Å². The fourth-order valence-electron chi connectivity index (χ4n) is 1.41. The van der Waals surface area contributed by atoms with Gasteiger partial charge >= 0.3 is 5.97 Å². The fourth-order valence-corrected chi connectivity index (χ4v) is 1.41. The first-order valence-electron chi connectivity index (χ1n) is 4.95. The lowest BCUT2D eigenvalue weighted by Crippen LogP contribution is -2.10. The number of ether oxygens (including phenoxy) is 1. The molecule has 0 spiro atoms. The van der Waals surface area contributed by atoms with Crippen molar-refractivity contribution in [1.82, 2.24) is 0 Å². The van der Waals surface area contributed by atoms with Gasteiger partial charge in [-0.1, -0.05) is 0 Å². The zero-order chi connectivity index (χ0) is 10.8. The summed E-state index contributed by atoms with van der Waals surface area (Å²) in [6.45, 7) is 0. The highest BCUT2D eigenvalue weighted by Gasteiger charge is 2.23. The van der Waals surface area contributed by atoms with Gasteiger partial charge in [0.15, 0.2) is 0 Å². The Hall–Kier alpha value is -1.71. The number of nitrogen functional groups attached to an aromatic ring is 1. The predicted octanol–water partition coefficient (Wildman–Crippen LogP) is 1.63. The molecule has 0 saturated heterocycles. The van der Waals surface area contributed by atoms with E-state index in [1.165, 1.54) is 7.11 Å². The molecule has 1 aliphatic carbocycles. The normalized spacial score (nSPS) is 14.7. The van der Waals surface area contributed by atoms with Crippen LogP contribution in [0.2, 0.25) is 0 Å². The number of anilines is 2. The lowest BCUT2D eigenvalue weighted by molar-refractivity contribution is 0.0602. The summed E-state index contributed by atoms with van der Waals surface area (Å²) >= 11 is 0. The third-order valence-electron chi connectivity index (χ3n) is 2.39. The molecule has 80 valence electrons. The number of carbonyl (C=O) groups excluding carboxylic acids is 1. The number of rotatable bonds is 3. The zero-order valence-corrected chi connectivity index (χ0v) is 8.62. The minimum Gasteiger partial charge on any atom is -0.465 e. The van der Waals surface area contributed by atoms with Gasteiger partial charge in [0.05, 0.1) is 12.7 Å². The van der Waals surface area contributed by atoms with Crippen molar-refractivity contribution in [3.63, 3.8) is 0 Å². The number of hydrogen-bond acceptors (Lipinski definition) is 4. The summed E-state index contributed by atoms with van der Waals surface area (Å²) in [5.74, 6) is -0.356. The maximum atomic E-state index is 11.5. The molecule has 15 heavy (non-hydrogen) atoms. The van der Waals surface area contributed by atoms with Crippen molar-refractivity contribution in [3.05, 3.63) is 23.8 Å². The average molecular weight is 206 g/mol. The van der Waals surface area contributed by atoms with Gasteiger partial charge in [-0.3, -0.25) is 0 Å². The van der Waals surface area contributed by atoms with Gasteiger partial charge in [-0.05, 0) is 31.0 Å². The molecule has 0 amide bonds. The summed E-state index contributed by atoms with van der Waals surface area (Å²) in [5, 5.41) is 3.27. The molecular formula is C11H14N2O2. The van der Waals surface area contributed by atoms with Gasteiger partial charge in [0.2, 0.25) is 0 Å². The van der Waals surface area contributed by atoms with Crippen LogP contribution in [0.15, 0.2) is 18.2 Å². The van der Waals surface area contributed by atoms with Crippen LogP contribution in [0.4, 0.5) is 11.4 Å². The molecule has 0 bridgehead atoms. The second-order valence-corrected chi connectivity index (χ2v) is 3.72. The van der Waals surface area contributed by atoms with Gasteiger partial charge in [-0.2, -0.15) is 0 Å². The summed E-state index contributed by atoms with van der Waals surface area (Å²) in [6, 6.07) is 5.73. The standard InChI is InChI=1S/C11H14N2O2/c1-15-11(14)9-6-7(12)2-5-10(9)13-8-3-4-8/h2,5-6,8,13H,3-4,12H2,1H3. The molecule has 1 aromatic rings. The van der Waals surface area contributed by atoms with E-state index in [2.05, 4.69) is 5.32 Å². The monoisotopic (exact) mass is 206 g/mol. The van der Waals surface area contributed by atoms with Gasteiger partial charge in [0, 0.05) is 17.4 Å². The maximum Gasteiger partial charge on any atom is 0.340 e. The highest BCUT2D eigenvalue weighted by atomic mass is 16.5. The van der Waals surface area contributed by atoms with Crippen LogP contribution in [0.25, 0.3) is 0 Å². The van der Waals surface area contributed by atoms with Crippen molar-refractivity contribution in [2.45, 2.75) is 18.9 Å². The number of carbonyl (C=O) groups is 1. The van der Waals surface area contributed by atoms with Crippen molar-refractivity contribution in [2.24, 2.45) is 0 Å². The quantitative estimate of drug-likeness (QED) is 0.582. The topological polar surface area (TPSA) is 64.3 Å². The van der Waals surface area contributed by atoms with E-state index in [-0.39, 0.29) is 5.97 Å². The predicted molar refractivity (Wildman–Crippen MR) is 58.8 cm³/mol. The molecule has 1 aliphatic rings. The highest BCUT2D eigenvalue weighted by molar-refractivity contribution is 5.96. The van der Waals surface area contributed by atoms with E-state index in [1.54, 1.807) is 12.1 Å². The van der Waals surface area contributed by atoms with E-state index in [0.29, 0.717) is 17.3 Å². The van der Waals surface area contributed by atoms with E-state index in [0.717, 1.165) is 18.5 Å². The first-order valence-corrected chi connectivity index (χ1v) is 4.95. The SMILES string of the molecule is COC(=O)c1cc(N)ccc1NC1CC1. The Morgan fingerprint density at radius 1 is 1.53 bits per heavy atom. The third kappa shape index (κ3) is 2.21. The molecule has 0 heterocycles. The summed E-state index contributed by atoms with van der Waals surface area (Å²) in [4.78, 5) is 11.5. The van der Waals surface area contributed by atoms with E-state index in [4.69, 9.17) is 10.5 Å². The van der Waals surface area contributed by atoms with Crippen LogP contribution in [0.1, 0.15) is 23.2 Å². The van der Waals surface area contributed by atoms with Crippen molar-refractivity contribution in [1.29, 1.82) is 0 Å². The second-order valence-electron chi connectivity index (χ2n) is 3.72. The third-order valence-corrected chi connectivity index (χ3v) is 2.39. The number of methoxy groups -OCH3 is 1. The molecule has 0 atom stereocenters. The molecule has 4 heteroatoms. The van der Waals surface area contributed by atoms with E-state index in [1.807, 2.05) is 6.07 Å². The van der Waals surface area contributed by atoms with Gasteiger partial charge in [0.25, 0.3) is 0 Å². The Kier molecular flexibility index (Phi) is 2.49. The minimum atomic E-state index is -0.356. The largest absolute Gasteiger partial charge is 0.465 e. The molecule has 1 aromatic carbocycles. The molecule has 1 fully saturated rings. The van der Waals surface area contributed by atoms with Crippen LogP contribution in [-0.2, 0) is 4.74 Å². The first kappa shape index (κ1) is 9.83. The summed E-state index contributed by atoms with van der Waals surface area (Å²) in [5.41, 5.74) is 7.51. The Morgan fingerprint density at radius 3 is 2.87 bits per heavy atom. The van der Waals surface area contributed by atoms with Gasteiger partial charge in [0.1, 0.15) is 0 Å². The molecule has 0 unspecified atom stereocenters. The van der Waals surface area contributed by atoms with Crippen molar-refractivity contribution in [3.8, 4) is 0 Å². The lowest BCUT2D eigenvalue weighted by atomic mass is 10.1. The smallest absolute Gasteiger partial charge is 0.340 e. The number of benzene rings is 1. The Bertz CT molecular complexity index is 386. The van der Waals surface area contributed by atoms with E-state index in [9.17, 15) is 4.79 Å². The van der Waals surface area contributed by atoms with Gasteiger partial charge < -0.3 is 15.8 Å². The number of nitrogens with one attached hydrogen (secondary N) is 1. The molecule has 1 saturated carbocycles. The molecule has 0 radical (unpaired) electrons.